The normalized spacial score (nSPS) is 20.3. The van der Waals surface area contributed by atoms with Gasteiger partial charge in [-0.2, -0.15) is 0 Å². The molecule has 1 atom stereocenters. The molecule has 4 nitrogen and oxygen atoms in total. The van der Waals surface area contributed by atoms with E-state index in [4.69, 9.17) is 21.3 Å². The van der Waals surface area contributed by atoms with E-state index in [0.717, 1.165) is 64.2 Å². The van der Waals surface area contributed by atoms with Gasteiger partial charge >= 0.3 is 0 Å². The number of aromatic nitrogens is 1. The van der Waals surface area contributed by atoms with E-state index in [9.17, 15) is 0 Å². The van der Waals surface area contributed by atoms with E-state index in [0.29, 0.717) is 12.1 Å². The van der Waals surface area contributed by atoms with Crippen molar-refractivity contribution >= 4 is 45.0 Å². The van der Waals surface area contributed by atoms with E-state index in [1.54, 1.807) is 0 Å². The molecule has 2 aliphatic rings. The molecule has 1 unspecified atom stereocenters. The fourth-order valence-corrected chi connectivity index (χ4v) is 4.85. The van der Waals surface area contributed by atoms with Crippen molar-refractivity contribution in [2.24, 2.45) is 4.99 Å². The first-order valence-corrected chi connectivity index (χ1v) is 11.5. The Bertz CT molecular complexity index is 783. The zero-order valence-corrected chi connectivity index (χ0v) is 18.1. The Kier molecular flexibility index (Phi) is 7.50. The predicted molar refractivity (Wildman–Crippen MR) is 120 cm³/mol. The maximum atomic E-state index is 6.36. The monoisotopic (exact) mass is 407 g/mol. The fraction of sp³-hybridized carbons (Fsp3) is 0.571. The summed E-state index contributed by atoms with van der Waals surface area (Å²) in [6.07, 6.45) is 4.41. The van der Waals surface area contributed by atoms with Crippen LogP contribution >= 0.6 is 23.4 Å². The Labute approximate surface area is 171 Å². The van der Waals surface area contributed by atoms with Gasteiger partial charge in [0.2, 0.25) is 0 Å². The quantitative estimate of drug-likeness (QED) is 0.629. The number of hydrogen-bond donors (Lipinski definition) is 2. The van der Waals surface area contributed by atoms with E-state index < -0.39 is 0 Å². The van der Waals surface area contributed by atoms with Gasteiger partial charge in [0.25, 0.3) is 0 Å². The molecule has 148 valence electrons. The van der Waals surface area contributed by atoms with Crippen LogP contribution in [-0.2, 0) is 4.74 Å². The van der Waals surface area contributed by atoms with Gasteiger partial charge in [-0.3, -0.25) is 4.99 Å². The lowest BCUT2D eigenvalue weighted by atomic mass is 10.1. The average molecular weight is 408 g/mol. The molecule has 0 spiro atoms. The van der Waals surface area contributed by atoms with Crippen LogP contribution in [0, 0.1) is 0 Å². The minimum atomic E-state index is 0.439. The van der Waals surface area contributed by atoms with E-state index in [2.05, 4.69) is 23.3 Å². The number of fused-ring (bicyclic) bond motifs is 1. The van der Waals surface area contributed by atoms with Gasteiger partial charge in [0.1, 0.15) is 5.04 Å². The summed E-state index contributed by atoms with van der Waals surface area (Å²) >= 11 is 8.21. The minimum absolute atomic E-state index is 0.439. The van der Waals surface area contributed by atoms with Crippen molar-refractivity contribution in [1.82, 2.24) is 4.98 Å². The van der Waals surface area contributed by atoms with Gasteiger partial charge in [-0.1, -0.05) is 38.8 Å². The third-order valence-electron chi connectivity index (χ3n) is 4.84. The zero-order chi connectivity index (χ0) is 19.2. The first-order valence-electron chi connectivity index (χ1n) is 10.1. The van der Waals surface area contributed by atoms with Gasteiger partial charge in [-0.25, -0.2) is 0 Å². The molecule has 27 heavy (non-hydrogen) atoms. The summed E-state index contributed by atoms with van der Waals surface area (Å²) in [5.41, 5.74) is 3.30. The number of benzene rings is 1. The van der Waals surface area contributed by atoms with Crippen LogP contribution in [0.3, 0.4) is 0 Å². The summed E-state index contributed by atoms with van der Waals surface area (Å²) in [5.74, 6) is 1.09. The van der Waals surface area contributed by atoms with Crippen LogP contribution in [-0.4, -0.2) is 41.1 Å². The second-order valence-electron chi connectivity index (χ2n) is 6.82. The predicted octanol–water partition coefficient (Wildman–Crippen LogP) is 6.10. The second kappa shape index (κ2) is 9.85. The molecule has 0 radical (unpaired) electrons. The summed E-state index contributed by atoms with van der Waals surface area (Å²) in [4.78, 5) is 8.47. The summed E-state index contributed by atoms with van der Waals surface area (Å²) in [7, 11) is 0. The number of hydrogen-bond acceptors (Lipinski definition) is 4. The van der Waals surface area contributed by atoms with Crippen molar-refractivity contribution in [1.29, 1.82) is 0 Å². The largest absolute Gasteiger partial charge is 0.381 e. The zero-order valence-electron chi connectivity index (χ0n) is 16.5. The van der Waals surface area contributed by atoms with Crippen molar-refractivity contribution in [2.45, 2.75) is 58.5 Å². The van der Waals surface area contributed by atoms with Crippen molar-refractivity contribution < 1.29 is 4.74 Å². The molecule has 2 aromatic rings. The van der Waals surface area contributed by atoms with Gasteiger partial charge < -0.3 is 15.0 Å². The highest BCUT2D eigenvalue weighted by atomic mass is 35.5. The van der Waals surface area contributed by atoms with E-state index >= 15 is 0 Å². The van der Waals surface area contributed by atoms with Crippen LogP contribution in [0.25, 0.3) is 10.9 Å². The average Bonchev–Trinajstić information content (AvgIpc) is 3.31. The number of halogens is 1. The van der Waals surface area contributed by atoms with Crippen molar-refractivity contribution in [3.05, 3.63) is 28.9 Å². The fourth-order valence-electron chi connectivity index (χ4n) is 3.54. The van der Waals surface area contributed by atoms with Crippen molar-refractivity contribution in [2.75, 3.05) is 24.3 Å². The number of nitrogens with zero attached hydrogens (tertiary/aromatic N) is 1. The molecule has 4 rings (SSSR count). The number of aliphatic imine (C=N–C) groups is 1. The molecule has 1 aromatic heterocycles. The summed E-state index contributed by atoms with van der Waals surface area (Å²) in [6.45, 7) is 7.87. The van der Waals surface area contributed by atoms with Gasteiger partial charge in [0.15, 0.2) is 0 Å². The molecule has 0 aliphatic carbocycles. The van der Waals surface area contributed by atoms with Crippen LogP contribution in [0.4, 0.5) is 5.69 Å². The Morgan fingerprint density at radius 2 is 2.04 bits per heavy atom. The lowest BCUT2D eigenvalue weighted by Gasteiger charge is -2.24. The molecule has 1 saturated heterocycles. The van der Waals surface area contributed by atoms with Gasteiger partial charge in [0, 0.05) is 35.4 Å². The Morgan fingerprint density at radius 1 is 1.26 bits per heavy atom. The SMILES string of the molecule is CC.CCCC1CSC(c2cc3cc(Cl)cc(NC4CCOCC4)c3[nH]2)=N1. The van der Waals surface area contributed by atoms with Crippen LogP contribution in [0.5, 0.6) is 0 Å². The molecule has 0 bridgehead atoms. The molecular weight excluding hydrogens is 378 g/mol. The third-order valence-corrected chi connectivity index (χ3v) is 6.21. The molecule has 1 fully saturated rings. The molecule has 0 amide bonds. The van der Waals surface area contributed by atoms with E-state index in [-0.39, 0.29) is 0 Å². The number of rotatable bonds is 5. The molecule has 0 saturated carbocycles. The maximum absolute atomic E-state index is 6.36. The molecule has 3 heterocycles. The number of aromatic amines is 1. The molecule has 6 heteroatoms. The smallest absolute Gasteiger partial charge is 0.114 e. The third kappa shape index (κ3) is 5.01. The number of anilines is 1. The molecular formula is C21H30ClN3OS. The van der Waals surface area contributed by atoms with Crippen LogP contribution < -0.4 is 5.32 Å². The first kappa shape index (κ1) is 20.6. The van der Waals surface area contributed by atoms with Crippen LogP contribution in [0.15, 0.2) is 23.2 Å². The highest BCUT2D eigenvalue weighted by molar-refractivity contribution is 8.14. The molecule has 2 aliphatic heterocycles. The topological polar surface area (TPSA) is 49.4 Å². The van der Waals surface area contributed by atoms with E-state index in [1.807, 2.05) is 37.7 Å². The van der Waals surface area contributed by atoms with E-state index in [1.165, 1.54) is 12.8 Å². The summed E-state index contributed by atoms with van der Waals surface area (Å²) in [5, 5.41) is 6.68. The van der Waals surface area contributed by atoms with Gasteiger partial charge in [-0.15, -0.1) is 11.8 Å². The lowest BCUT2D eigenvalue weighted by Crippen LogP contribution is -2.27. The Morgan fingerprint density at radius 3 is 2.78 bits per heavy atom. The van der Waals surface area contributed by atoms with Crippen LogP contribution in [0.2, 0.25) is 5.02 Å². The lowest BCUT2D eigenvalue weighted by molar-refractivity contribution is 0.0905. The first-order chi connectivity index (χ1) is 13.2. The Balaban J connectivity index is 0.00000102. The minimum Gasteiger partial charge on any atom is -0.381 e. The molecule has 2 N–H and O–H groups in total. The number of nitrogens with one attached hydrogen (secondary N) is 2. The number of thioether (sulfide) groups is 1. The summed E-state index contributed by atoms with van der Waals surface area (Å²) < 4.78 is 5.46. The van der Waals surface area contributed by atoms with Gasteiger partial charge in [0.05, 0.1) is 22.9 Å². The van der Waals surface area contributed by atoms with Crippen molar-refractivity contribution in [3.8, 4) is 0 Å². The second-order valence-corrected chi connectivity index (χ2v) is 8.26. The highest BCUT2D eigenvalue weighted by Crippen LogP contribution is 2.33. The standard InChI is InChI=1S/C19H24ClN3OS.C2H6/c1-2-3-15-11-25-19(22-15)17-9-12-8-13(20)10-16(18(12)23-17)21-14-4-6-24-7-5-14;1-2/h8-10,14-15,21,23H,2-7,11H2,1H3;1-2H3. The van der Waals surface area contributed by atoms with Crippen LogP contribution in [0.1, 0.15) is 52.1 Å². The number of H-pyrrole nitrogens is 1. The highest BCUT2D eigenvalue weighted by Gasteiger charge is 2.21. The van der Waals surface area contributed by atoms with Gasteiger partial charge in [-0.05, 0) is 37.5 Å². The number of ether oxygens (including phenoxy) is 1. The summed E-state index contributed by atoms with van der Waals surface area (Å²) in [6, 6.07) is 7.12. The maximum Gasteiger partial charge on any atom is 0.114 e. The Hall–Kier alpha value is -1.17. The van der Waals surface area contributed by atoms with Crippen molar-refractivity contribution in [3.63, 3.8) is 0 Å². The molecule has 1 aromatic carbocycles.